The fourth-order valence-electron chi connectivity index (χ4n) is 3.45. The van der Waals surface area contributed by atoms with Crippen LogP contribution in [-0.4, -0.2) is 45.9 Å². The highest BCUT2D eigenvalue weighted by Gasteiger charge is 2.28. The van der Waals surface area contributed by atoms with E-state index in [4.69, 9.17) is 5.73 Å². The number of piperidine rings is 1. The van der Waals surface area contributed by atoms with Crippen LogP contribution in [0.25, 0.3) is 0 Å². The van der Waals surface area contributed by atoms with E-state index in [0.29, 0.717) is 37.2 Å². The van der Waals surface area contributed by atoms with Crippen LogP contribution in [-0.2, 0) is 9.59 Å². The maximum absolute atomic E-state index is 13.0. The Kier molecular flexibility index (Phi) is 7.47. The Morgan fingerprint density at radius 1 is 1.12 bits per heavy atom. The maximum Gasteiger partial charge on any atom is 0.269 e. The van der Waals surface area contributed by atoms with Crippen LogP contribution in [0.2, 0.25) is 0 Å². The first-order valence-corrected chi connectivity index (χ1v) is 11.0. The lowest BCUT2D eigenvalue weighted by molar-refractivity contribution is -0.384. The number of likely N-dealkylation sites (tertiary alicyclic amines) is 1. The molecule has 32 heavy (non-hydrogen) atoms. The molecule has 9 nitrogen and oxygen atoms in total. The Bertz CT molecular complexity index is 1020. The molecule has 10 heteroatoms. The summed E-state index contributed by atoms with van der Waals surface area (Å²) in [5.74, 6) is -1.06. The summed E-state index contributed by atoms with van der Waals surface area (Å²) in [4.78, 5) is 49.8. The molecule has 0 saturated carbocycles. The molecule has 1 aliphatic heterocycles. The lowest BCUT2D eigenvalue weighted by atomic mass is 9.95. The number of primary amides is 1. The van der Waals surface area contributed by atoms with Crippen molar-refractivity contribution in [1.29, 1.82) is 0 Å². The zero-order chi connectivity index (χ0) is 23.3. The van der Waals surface area contributed by atoms with E-state index in [1.54, 1.807) is 48.2 Å². The molecule has 3 rings (SSSR count). The number of para-hydroxylation sites is 1. The average Bonchev–Trinajstić information content (AvgIpc) is 2.79. The van der Waals surface area contributed by atoms with Crippen LogP contribution in [0.3, 0.4) is 0 Å². The van der Waals surface area contributed by atoms with Crippen LogP contribution in [0.1, 0.15) is 30.1 Å². The Balaban J connectivity index is 1.65. The largest absolute Gasteiger partial charge is 0.369 e. The number of thioether (sulfide) groups is 1. The van der Waals surface area contributed by atoms with Crippen molar-refractivity contribution in [3.63, 3.8) is 0 Å². The van der Waals surface area contributed by atoms with Gasteiger partial charge < -0.3 is 16.0 Å². The monoisotopic (exact) mass is 456 g/mol. The highest BCUT2D eigenvalue weighted by Crippen LogP contribution is 2.27. The molecule has 1 saturated heterocycles. The fourth-order valence-corrected chi connectivity index (χ4v) is 4.32. The number of hydrogen-bond acceptors (Lipinski definition) is 6. The van der Waals surface area contributed by atoms with E-state index in [1.165, 1.54) is 23.9 Å². The maximum atomic E-state index is 13.0. The van der Waals surface area contributed by atoms with Crippen LogP contribution >= 0.6 is 11.8 Å². The molecule has 2 aromatic carbocycles. The number of non-ortho nitro benzene ring substituents is 1. The normalized spacial score (nSPS) is 15.1. The second-order valence-corrected chi connectivity index (χ2v) is 8.93. The number of hydrogen-bond donors (Lipinski definition) is 2. The van der Waals surface area contributed by atoms with Gasteiger partial charge in [-0.05, 0) is 44.0 Å². The van der Waals surface area contributed by atoms with Gasteiger partial charge in [0.1, 0.15) is 0 Å². The first-order chi connectivity index (χ1) is 15.3. The molecule has 0 aromatic heterocycles. The topological polar surface area (TPSA) is 136 Å². The Morgan fingerprint density at radius 3 is 2.34 bits per heavy atom. The average molecular weight is 457 g/mol. The fraction of sp³-hybridized carbons (Fsp3) is 0.318. The summed E-state index contributed by atoms with van der Waals surface area (Å²) in [7, 11) is 0. The van der Waals surface area contributed by atoms with Crippen molar-refractivity contribution in [2.45, 2.75) is 29.9 Å². The minimum Gasteiger partial charge on any atom is -0.369 e. The molecular weight excluding hydrogens is 432 g/mol. The molecule has 0 radical (unpaired) electrons. The Hall–Kier alpha value is -3.40. The molecule has 3 N–H and O–H groups in total. The number of nitrogens with zero attached hydrogens (tertiary/aromatic N) is 2. The van der Waals surface area contributed by atoms with Crippen molar-refractivity contribution in [3.8, 4) is 0 Å². The van der Waals surface area contributed by atoms with E-state index in [-0.39, 0.29) is 29.3 Å². The minimum absolute atomic E-state index is 0.0150. The highest BCUT2D eigenvalue weighted by molar-refractivity contribution is 8.00. The number of anilines is 1. The first kappa shape index (κ1) is 23.3. The summed E-state index contributed by atoms with van der Waals surface area (Å²) in [6.07, 6.45) is 1.05. The van der Waals surface area contributed by atoms with Gasteiger partial charge in [0.2, 0.25) is 11.8 Å². The van der Waals surface area contributed by atoms with Crippen molar-refractivity contribution in [2.24, 2.45) is 11.7 Å². The number of nitrogens with one attached hydrogen (secondary N) is 1. The summed E-state index contributed by atoms with van der Waals surface area (Å²) in [6, 6.07) is 12.8. The number of rotatable bonds is 7. The third kappa shape index (κ3) is 5.64. The third-order valence-electron chi connectivity index (χ3n) is 5.33. The zero-order valence-corrected chi connectivity index (χ0v) is 18.3. The van der Waals surface area contributed by atoms with Crippen molar-refractivity contribution < 1.29 is 19.3 Å². The number of nitro groups is 1. The second kappa shape index (κ2) is 10.3. The van der Waals surface area contributed by atoms with Crippen LogP contribution in [0, 0.1) is 16.0 Å². The van der Waals surface area contributed by atoms with Gasteiger partial charge >= 0.3 is 0 Å². The molecule has 1 aliphatic rings. The lowest BCUT2D eigenvalue weighted by Gasteiger charge is -2.31. The molecule has 1 atom stereocenters. The van der Waals surface area contributed by atoms with E-state index in [0.717, 1.165) is 4.90 Å². The predicted octanol–water partition coefficient (Wildman–Crippen LogP) is 3.05. The molecule has 2 aromatic rings. The first-order valence-electron chi connectivity index (χ1n) is 10.2. The number of benzene rings is 2. The summed E-state index contributed by atoms with van der Waals surface area (Å²) < 4.78 is 0. The molecule has 1 heterocycles. The molecule has 3 amide bonds. The summed E-state index contributed by atoms with van der Waals surface area (Å²) in [6.45, 7) is 2.59. The van der Waals surface area contributed by atoms with Gasteiger partial charge in [0.25, 0.3) is 11.6 Å². The van der Waals surface area contributed by atoms with E-state index >= 15 is 0 Å². The third-order valence-corrected chi connectivity index (χ3v) is 6.44. The highest BCUT2D eigenvalue weighted by atomic mass is 32.2. The van der Waals surface area contributed by atoms with Crippen LogP contribution in [0.15, 0.2) is 53.4 Å². The van der Waals surface area contributed by atoms with Gasteiger partial charge in [0.05, 0.1) is 21.4 Å². The van der Waals surface area contributed by atoms with E-state index in [2.05, 4.69) is 5.32 Å². The summed E-state index contributed by atoms with van der Waals surface area (Å²) >= 11 is 1.26. The van der Waals surface area contributed by atoms with Gasteiger partial charge in [0, 0.05) is 36.0 Å². The molecule has 0 bridgehead atoms. The van der Waals surface area contributed by atoms with Crippen molar-refractivity contribution in [1.82, 2.24) is 4.90 Å². The van der Waals surface area contributed by atoms with E-state index in [9.17, 15) is 24.5 Å². The number of carbonyl (C=O) groups is 3. The molecule has 1 unspecified atom stereocenters. The van der Waals surface area contributed by atoms with Gasteiger partial charge in [0.15, 0.2) is 0 Å². The Morgan fingerprint density at radius 2 is 1.75 bits per heavy atom. The van der Waals surface area contributed by atoms with Gasteiger partial charge in [-0.1, -0.05) is 12.1 Å². The second-order valence-electron chi connectivity index (χ2n) is 7.51. The smallest absolute Gasteiger partial charge is 0.269 e. The molecule has 0 spiro atoms. The van der Waals surface area contributed by atoms with Gasteiger partial charge in [-0.3, -0.25) is 24.5 Å². The quantitative estimate of drug-likeness (QED) is 0.373. The van der Waals surface area contributed by atoms with Gasteiger partial charge in [-0.15, -0.1) is 11.8 Å². The molecule has 168 valence electrons. The number of nitrogens with two attached hydrogens (primary N) is 1. The van der Waals surface area contributed by atoms with Crippen LogP contribution in [0.4, 0.5) is 11.4 Å². The molecule has 0 aliphatic carbocycles. The summed E-state index contributed by atoms with van der Waals surface area (Å²) in [5, 5.41) is 13.1. The number of carbonyl (C=O) groups excluding carboxylic acids is 3. The van der Waals surface area contributed by atoms with Crippen molar-refractivity contribution >= 4 is 40.9 Å². The number of nitro benzene ring substituents is 1. The SMILES string of the molecule is CC(Sc1ccc([N+](=O)[O-])cc1)C(=O)Nc1ccccc1C(=O)N1CCC(C(N)=O)CC1. The molecular formula is C22H24N4O5S. The minimum atomic E-state index is -0.495. The van der Waals surface area contributed by atoms with Crippen molar-refractivity contribution in [3.05, 3.63) is 64.2 Å². The van der Waals surface area contributed by atoms with Crippen molar-refractivity contribution in [2.75, 3.05) is 18.4 Å². The lowest BCUT2D eigenvalue weighted by Crippen LogP contribution is -2.42. The number of amides is 3. The van der Waals surface area contributed by atoms with Gasteiger partial charge in [-0.2, -0.15) is 0 Å². The van der Waals surface area contributed by atoms with E-state index in [1.807, 2.05) is 0 Å². The van der Waals surface area contributed by atoms with Crippen LogP contribution < -0.4 is 11.1 Å². The van der Waals surface area contributed by atoms with Crippen LogP contribution in [0.5, 0.6) is 0 Å². The van der Waals surface area contributed by atoms with Gasteiger partial charge in [-0.25, -0.2) is 0 Å². The standard InChI is InChI=1S/C22H24N4O5S/c1-14(32-17-8-6-16(7-9-17)26(30)31)21(28)24-19-5-3-2-4-18(19)22(29)25-12-10-15(11-13-25)20(23)27/h2-9,14-15H,10-13H2,1H3,(H2,23,27)(H,24,28). The summed E-state index contributed by atoms with van der Waals surface area (Å²) in [5.41, 5.74) is 6.14. The zero-order valence-electron chi connectivity index (χ0n) is 17.5. The Labute approximate surface area is 189 Å². The molecule has 1 fully saturated rings. The van der Waals surface area contributed by atoms with E-state index < -0.39 is 10.2 Å². The predicted molar refractivity (Wildman–Crippen MR) is 121 cm³/mol.